The Kier molecular flexibility index (Phi) is 5.23. The van der Waals surface area contributed by atoms with Crippen molar-refractivity contribution in [2.45, 2.75) is 20.1 Å². The van der Waals surface area contributed by atoms with Gasteiger partial charge in [0.05, 0.1) is 18.4 Å². The minimum Gasteiger partial charge on any atom is -0.506 e. The first-order chi connectivity index (χ1) is 11.1. The Bertz CT molecular complexity index is 729. The van der Waals surface area contributed by atoms with Crippen LogP contribution in [0.5, 0.6) is 5.75 Å². The second kappa shape index (κ2) is 7.33. The highest BCUT2D eigenvalue weighted by molar-refractivity contribution is 5.68. The minimum absolute atomic E-state index is 0.231. The van der Waals surface area contributed by atoms with E-state index in [-0.39, 0.29) is 16.9 Å². The molecule has 0 aliphatic carbocycles. The fourth-order valence-corrected chi connectivity index (χ4v) is 1.96. The molecule has 1 heterocycles. The van der Waals surface area contributed by atoms with Crippen molar-refractivity contribution < 1.29 is 19.5 Å². The summed E-state index contributed by atoms with van der Waals surface area (Å²) >= 11 is 0. The zero-order chi connectivity index (χ0) is 16.8. The molecule has 7 nitrogen and oxygen atoms in total. The molecule has 120 valence electrons. The summed E-state index contributed by atoms with van der Waals surface area (Å²) in [6.45, 7) is 4.04. The number of nitriles is 1. The molecule has 0 aliphatic rings. The molecule has 0 amide bonds. The predicted octanol–water partition coefficient (Wildman–Crippen LogP) is 2.60. The molecule has 1 unspecified atom stereocenters. The third kappa shape index (κ3) is 3.81. The molecule has 1 atom stereocenters. The molecule has 3 N–H and O–H groups in total. The van der Waals surface area contributed by atoms with Crippen molar-refractivity contribution in [1.82, 2.24) is 5.16 Å². The monoisotopic (exact) mass is 315 g/mol. The lowest BCUT2D eigenvalue weighted by Crippen LogP contribution is -2.22. The predicted molar refractivity (Wildman–Crippen MR) is 83.6 cm³/mol. The van der Waals surface area contributed by atoms with E-state index in [4.69, 9.17) is 9.26 Å². The second-order valence-electron chi connectivity index (χ2n) is 4.67. The van der Waals surface area contributed by atoms with E-state index >= 15 is 0 Å². The van der Waals surface area contributed by atoms with Crippen molar-refractivity contribution in [2.24, 2.45) is 0 Å². The molecule has 0 spiro atoms. The number of nitrogens with zero attached hydrogens (tertiary/aromatic N) is 2. The number of aliphatic hydroxyl groups is 2. The quantitative estimate of drug-likeness (QED) is 0.427. The second-order valence-corrected chi connectivity index (χ2v) is 4.67. The molecule has 1 aromatic carbocycles. The molecule has 2 rings (SSSR count). The van der Waals surface area contributed by atoms with E-state index in [1.165, 1.54) is 6.20 Å². The standard InChI is InChI=1S/C16H17N3O4/c1-3-22-12-6-4-11(5-7-12)19-16(21)13(8-17)15(20)14-9-18-23-10(14)2/h4-7,9,16,19-21H,3H2,1-2H3/b15-13-. The van der Waals surface area contributed by atoms with Crippen molar-refractivity contribution in [3.63, 3.8) is 0 Å². The van der Waals surface area contributed by atoms with Crippen LogP contribution in [0.15, 0.2) is 40.6 Å². The van der Waals surface area contributed by atoms with Crippen LogP contribution in [0.3, 0.4) is 0 Å². The maximum absolute atomic E-state index is 10.2. The summed E-state index contributed by atoms with van der Waals surface area (Å²) in [6, 6.07) is 8.66. The van der Waals surface area contributed by atoms with Crippen molar-refractivity contribution in [3.8, 4) is 11.8 Å². The first-order valence-electron chi connectivity index (χ1n) is 6.99. The number of aliphatic hydroxyl groups excluding tert-OH is 2. The van der Waals surface area contributed by atoms with Gasteiger partial charge in [-0.05, 0) is 38.1 Å². The molecular formula is C16H17N3O4. The van der Waals surface area contributed by atoms with E-state index < -0.39 is 6.23 Å². The highest BCUT2D eigenvalue weighted by Crippen LogP contribution is 2.23. The van der Waals surface area contributed by atoms with Crippen LogP contribution in [0.25, 0.3) is 5.76 Å². The molecule has 0 bridgehead atoms. The van der Waals surface area contributed by atoms with Crippen LogP contribution in [-0.4, -0.2) is 28.2 Å². The topological polar surface area (TPSA) is 112 Å². The normalized spacial score (nSPS) is 13.0. The smallest absolute Gasteiger partial charge is 0.164 e. The number of hydrogen-bond donors (Lipinski definition) is 3. The van der Waals surface area contributed by atoms with Gasteiger partial charge in [0.25, 0.3) is 0 Å². The average molecular weight is 315 g/mol. The first kappa shape index (κ1) is 16.4. The van der Waals surface area contributed by atoms with Crippen LogP contribution in [-0.2, 0) is 0 Å². The number of aryl methyl sites for hydroxylation is 1. The van der Waals surface area contributed by atoms with Gasteiger partial charge in [-0.25, -0.2) is 0 Å². The molecule has 0 aliphatic heterocycles. The fraction of sp³-hybridized carbons (Fsp3) is 0.250. The van der Waals surface area contributed by atoms with Crippen molar-refractivity contribution >= 4 is 11.4 Å². The fourth-order valence-electron chi connectivity index (χ4n) is 1.96. The molecule has 0 radical (unpaired) electrons. The van der Waals surface area contributed by atoms with Crippen molar-refractivity contribution in [2.75, 3.05) is 11.9 Å². The lowest BCUT2D eigenvalue weighted by Gasteiger charge is -2.15. The van der Waals surface area contributed by atoms with Gasteiger partial charge >= 0.3 is 0 Å². The Morgan fingerprint density at radius 3 is 2.65 bits per heavy atom. The summed E-state index contributed by atoms with van der Waals surface area (Å²) in [5.41, 5.74) is 0.600. The first-order valence-corrected chi connectivity index (χ1v) is 6.99. The number of aromatic nitrogens is 1. The summed E-state index contributed by atoms with van der Waals surface area (Å²) in [7, 11) is 0. The van der Waals surface area contributed by atoms with E-state index in [2.05, 4.69) is 10.5 Å². The van der Waals surface area contributed by atoms with Crippen molar-refractivity contribution in [3.05, 3.63) is 47.4 Å². The Labute approximate surface area is 133 Å². The van der Waals surface area contributed by atoms with E-state index in [0.29, 0.717) is 23.8 Å². The van der Waals surface area contributed by atoms with E-state index in [0.717, 1.165) is 0 Å². The maximum Gasteiger partial charge on any atom is 0.164 e. The van der Waals surface area contributed by atoms with Gasteiger partial charge in [-0.3, -0.25) is 0 Å². The van der Waals surface area contributed by atoms with Crippen LogP contribution in [0.4, 0.5) is 5.69 Å². The van der Waals surface area contributed by atoms with E-state index in [1.807, 2.05) is 6.92 Å². The van der Waals surface area contributed by atoms with Crippen LogP contribution in [0, 0.1) is 18.3 Å². The Balaban J connectivity index is 2.19. The summed E-state index contributed by atoms with van der Waals surface area (Å²) < 4.78 is 10.2. The van der Waals surface area contributed by atoms with Crippen LogP contribution >= 0.6 is 0 Å². The zero-order valence-electron chi connectivity index (χ0n) is 12.8. The molecule has 7 heteroatoms. The maximum atomic E-state index is 10.2. The molecular weight excluding hydrogens is 298 g/mol. The van der Waals surface area contributed by atoms with E-state index in [9.17, 15) is 15.5 Å². The SMILES string of the molecule is CCOc1ccc(NC(O)/C(C#N)=C(\O)c2cnoc2C)cc1. The lowest BCUT2D eigenvalue weighted by molar-refractivity contribution is 0.242. The van der Waals surface area contributed by atoms with E-state index in [1.54, 1.807) is 37.3 Å². The number of hydrogen-bond acceptors (Lipinski definition) is 7. The van der Waals surface area contributed by atoms with Gasteiger partial charge in [0.2, 0.25) is 0 Å². The third-order valence-corrected chi connectivity index (χ3v) is 3.12. The number of nitrogens with one attached hydrogen (secondary N) is 1. The van der Waals surface area contributed by atoms with Crippen molar-refractivity contribution in [1.29, 1.82) is 5.26 Å². The highest BCUT2D eigenvalue weighted by atomic mass is 16.5. The number of rotatable bonds is 6. The lowest BCUT2D eigenvalue weighted by atomic mass is 10.1. The number of ether oxygens (including phenoxy) is 1. The molecule has 2 aromatic rings. The van der Waals surface area contributed by atoms with Gasteiger partial charge in [-0.2, -0.15) is 5.26 Å². The number of benzene rings is 1. The Hall–Kier alpha value is -2.98. The Morgan fingerprint density at radius 2 is 2.13 bits per heavy atom. The van der Waals surface area contributed by atoms with Crippen LogP contribution in [0.1, 0.15) is 18.2 Å². The Morgan fingerprint density at radius 1 is 1.43 bits per heavy atom. The summed E-state index contributed by atoms with van der Waals surface area (Å²) in [5.74, 6) is 0.673. The molecule has 23 heavy (non-hydrogen) atoms. The minimum atomic E-state index is -1.38. The van der Waals surface area contributed by atoms with Crippen LogP contribution < -0.4 is 10.1 Å². The molecule has 0 saturated heterocycles. The summed E-state index contributed by atoms with van der Waals surface area (Å²) in [5, 5.41) is 35.8. The zero-order valence-corrected chi connectivity index (χ0v) is 12.8. The van der Waals surface area contributed by atoms with Gasteiger partial charge in [-0.15, -0.1) is 0 Å². The summed E-state index contributed by atoms with van der Waals surface area (Å²) in [4.78, 5) is 0. The van der Waals surface area contributed by atoms with Gasteiger partial charge in [0.15, 0.2) is 6.23 Å². The third-order valence-electron chi connectivity index (χ3n) is 3.12. The number of anilines is 1. The average Bonchev–Trinajstić information content (AvgIpc) is 2.96. The van der Waals surface area contributed by atoms with Gasteiger partial charge in [0.1, 0.15) is 28.9 Å². The molecule has 0 fully saturated rings. The highest BCUT2D eigenvalue weighted by Gasteiger charge is 2.20. The van der Waals surface area contributed by atoms with Crippen LogP contribution in [0.2, 0.25) is 0 Å². The largest absolute Gasteiger partial charge is 0.506 e. The van der Waals surface area contributed by atoms with Gasteiger partial charge in [-0.1, -0.05) is 5.16 Å². The van der Waals surface area contributed by atoms with Gasteiger partial charge in [0, 0.05) is 5.69 Å². The molecule has 0 saturated carbocycles. The van der Waals surface area contributed by atoms with Gasteiger partial charge < -0.3 is 24.8 Å². The summed E-state index contributed by atoms with van der Waals surface area (Å²) in [6.07, 6.45) is -0.0988. The molecule has 1 aromatic heterocycles.